The molecule has 2 atom stereocenters. The van der Waals surface area contributed by atoms with Gasteiger partial charge in [-0.25, -0.2) is 0 Å². The van der Waals surface area contributed by atoms with Crippen molar-refractivity contribution in [1.29, 1.82) is 0 Å². The normalized spacial score (nSPS) is 16.6. The van der Waals surface area contributed by atoms with Crippen LogP contribution in [0.25, 0.3) is 10.9 Å². The highest BCUT2D eigenvalue weighted by Gasteiger charge is 2.31. The lowest BCUT2D eigenvalue weighted by Crippen LogP contribution is -2.50. The molecule has 0 radical (unpaired) electrons. The SMILES string of the molecule is CN(Cc1ccccc1)CC1Cc2ccccc2N(C(=O)C(N)Cc2c[nH]c3ccccc23)C1. The van der Waals surface area contributed by atoms with Crippen LogP contribution in [0, 0.1) is 5.92 Å². The Morgan fingerprint density at radius 3 is 2.65 bits per heavy atom. The summed E-state index contributed by atoms with van der Waals surface area (Å²) in [6.45, 7) is 2.51. The van der Waals surface area contributed by atoms with E-state index in [1.807, 2.05) is 41.4 Å². The van der Waals surface area contributed by atoms with Gasteiger partial charge in [0.2, 0.25) is 5.91 Å². The standard InChI is InChI=1S/C29H32N4O/c1-32(18-21-9-3-2-4-10-21)19-22-15-23-11-5-8-14-28(23)33(20-22)29(34)26(30)16-24-17-31-27-13-7-6-12-25(24)27/h2-14,17,22,26,31H,15-16,18-20,30H2,1H3. The highest BCUT2D eigenvalue weighted by atomic mass is 16.2. The lowest BCUT2D eigenvalue weighted by Gasteiger charge is -2.37. The zero-order valence-electron chi connectivity index (χ0n) is 19.7. The largest absolute Gasteiger partial charge is 0.361 e. The number of carbonyl (C=O) groups excluding carboxylic acids is 1. The van der Waals surface area contributed by atoms with E-state index in [1.54, 1.807) is 0 Å². The summed E-state index contributed by atoms with van der Waals surface area (Å²) < 4.78 is 0. The van der Waals surface area contributed by atoms with Gasteiger partial charge in [0.05, 0.1) is 6.04 Å². The number of H-pyrrole nitrogens is 1. The van der Waals surface area contributed by atoms with Crippen LogP contribution < -0.4 is 10.6 Å². The minimum absolute atomic E-state index is 0.00635. The van der Waals surface area contributed by atoms with Gasteiger partial charge in [-0.3, -0.25) is 4.79 Å². The Bertz CT molecular complexity index is 1270. The predicted molar refractivity (Wildman–Crippen MR) is 139 cm³/mol. The van der Waals surface area contributed by atoms with Gasteiger partial charge in [0, 0.05) is 42.4 Å². The molecule has 0 bridgehead atoms. The van der Waals surface area contributed by atoms with Crippen LogP contribution in [0.5, 0.6) is 0 Å². The van der Waals surface area contributed by atoms with Gasteiger partial charge in [-0.05, 0) is 54.6 Å². The Labute approximate surface area is 201 Å². The first-order valence-corrected chi connectivity index (χ1v) is 12.0. The van der Waals surface area contributed by atoms with Crippen LogP contribution in [-0.4, -0.2) is 42.0 Å². The minimum atomic E-state index is -0.590. The number of aromatic nitrogens is 1. The fourth-order valence-corrected chi connectivity index (χ4v) is 5.24. The molecule has 1 aromatic heterocycles. The molecule has 0 aliphatic carbocycles. The van der Waals surface area contributed by atoms with Gasteiger partial charge < -0.3 is 20.5 Å². The molecule has 1 amide bonds. The molecule has 3 aromatic carbocycles. The number of amides is 1. The van der Waals surface area contributed by atoms with E-state index in [9.17, 15) is 4.79 Å². The lowest BCUT2D eigenvalue weighted by molar-refractivity contribution is -0.120. The van der Waals surface area contributed by atoms with Gasteiger partial charge in [0.25, 0.3) is 0 Å². The van der Waals surface area contributed by atoms with E-state index in [-0.39, 0.29) is 5.91 Å². The minimum Gasteiger partial charge on any atom is -0.361 e. The van der Waals surface area contributed by atoms with E-state index in [0.29, 0.717) is 18.9 Å². The number of nitrogens with one attached hydrogen (secondary N) is 1. The molecular weight excluding hydrogens is 420 g/mol. The third-order valence-corrected chi connectivity index (χ3v) is 6.79. The van der Waals surface area contributed by atoms with E-state index in [1.165, 1.54) is 11.1 Å². The maximum Gasteiger partial charge on any atom is 0.244 e. The van der Waals surface area contributed by atoms with Crippen molar-refractivity contribution in [1.82, 2.24) is 9.88 Å². The molecule has 0 saturated heterocycles. The van der Waals surface area contributed by atoms with E-state index in [4.69, 9.17) is 5.73 Å². The Balaban J connectivity index is 1.31. The van der Waals surface area contributed by atoms with Crippen molar-refractivity contribution in [2.45, 2.75) is 25.4 Å². The van der Waals surface area contributed by atoms with Crippen LogP contribution >= 0.6 is 0 Å². The molecule has 1 aliphatic rings. The van der Waals surface area contributed by atoms with Gasteiger partial charge in [-0.1, -0.05) is 66.7 Å². The molecule has 0 fully saturated rings. The Morgan fingerprint density at radius 2 is 1.79 bits per heavy atom. The van der Waals surface area contributed by atoms with E-state index in [2.05, 4.69) is 65.5 Å². The summed E-state index contributed by atoms with van der Waals surface area (Å²) in [5, 5.41) is 1.13. The van der Waals surface area contributed by atoms with Crippen molar-refractivity contribution in [2.75, 3.05) is 25.0 Å². The highest BCUT2D eigenvalue weighted by molar-refractivity contribution is 5.98. The van der Waals surface area contributed by atoms with Gasteiger partial charge in [-0.15, -0.1) is 0 Å². The molecule has 34 heavy (non-hydrogen) atoms. The number of nitrogens with two attached hydrogens (primary N) is 1. The third-order valence-electron chi connectivity index (χ3n) is 6.79. The van der Waals surface area contributed by atoms with E-state index >= 15 is 0 Å². The van der Waals surface area contributed by atoms with Crippen LogP contribution in [0.1, 0.15) is 16.7 Å². The van der Waals surface area contributed by atoms with Gasteiger partial charge in [0.15, 0.2) is 0 Å². The van der Waals surface area contributed by atoms with Crippen molar-refractivity contribution in [3.05, 3.63) is 102 Å². The zero-order chi connectivity index (χ0) is 23.5. The molecule has 2 unspecified atom stereocenters. The number of nitrogens with zero attached hydrogens (tertiary/aromatic N) is 2. The van der Waals surface area contributed by atoms with Crippen LogP contribution in [0.2, 0.25) is 0 Å². The van der Waals surface area contributed by atoms with Crippen molar-refractivity contribution < 1.29 is 4.79 Å². The molecule has 5 heteroatoms. The molecule has 0 saturated carbocycles. The first-order valence-electron chi connectivity index (χ1n) is 12.0. The number of rotatable bonds is 7. The first-order chi connectivity index (χ1) is 16.6. The average Bonchev–Trinajstić information content (AvgIpc) is 3.26. The molecule has 174 valence electrons. The molecule has 0 spiro atoms. The second kappa shape index (κ2) is 9.84. The number of hydrogen-bond donors (Lipinski definition) is 2. The Morgan fingerprint density at radius 1 is 1.06 bits per heavy atom. The molecule has 5 rings (SSSR count). The molecule has 4 aromatic rings. The van der Waals surface area contributed by atoms with E-state index in [0.717, 1.165) is 41.7 Å². The predicted octanol–water partition coefficient (Wildman–Crippen LogP) is 4.38. The number of aromatic amines is 1. The smallest absolute Gasteiger partial charge is 0.244 e. The van der Waals surface area contributed by atoms with Crippen LogP contribution in [0.3, 0.4) is 0 Å². The summed E-state index contributed by atoms with van der Waals surface area (Å²) in [5.41, 5.74) is 12.2. The molecule has 3 N–H and O–H groups in total. The van der Waals surface area contributed by atoms with Crippen LogP contribution in [0.15, 0.2) is 85.1 Å². The quantitative estimate of drug-likeness (QED) is 0.438. The Hall–Kier alpha value is -3.41. The number of carbonyl (C=O) groups is 1. The van der Waals surface area contributed by atoms with Crippen molar-refractivity contribution in [2.24, 2.45) is 11.7 Å². The lowest BCUT2D eigenvalue weighted by atomic mass is 9.91. The maximum absolute atomic E-state index is 13.6. The topological polar surface area (TPSA) is 65.4 Å². The average molecular weight is 453 g/mol. The van der Waals surface area contributed by atoms with Crippen LogP contribution in [0.4, 0.5) is 5.69 Å². The Kier molecular flexibility index (Phi) is 6.48. The molecular formula is C29H32N4O. The van der Waals surface area contributed by atoms with Crippen LogP contribution in [-0.2, 0) is 24.2 Å². The maximum atomic E-state index is 13.6. The molecule has 1 aliphatic heterocycles. The highest BCUT2D eigenvalue weighted by Crippen LogP contribution is 2.31. The summed E-state index contributed by atoms with van der Waals surface area (Å²) in [6.07, 6.45) is 3.46. The summed E-state index contributed by atoms with van der Waals surface area (Å²) in [6, 6.07) is 26.3. The van der Waals surface area contributed by atoms with E-state index < -0.39 is 6.04 Å². The van der Waals surface area contributed by atoms with Gasteiger partial charge in [-0.2, -0.15) is 0 Å². The zero-order valence-corrected chi connectivity index (χ0v) is 19.7. The van der Waals surface area contributed by atoms with Crippen molar-refractivity contribution >= 4 is 22.5 Å². The third kappa shape index (κ3) is 4.76. The summed E-state index contributed by atoms with van der Waals surface area (Å²) >= 11 is 0. The van der Waals surface area contributed by atoms with Crippen molar-refractivity contribution in [3.8, 4) is 0 Å². The first kappa shape index (κ1) is 22.4. The number of fused-ring (bicyclic) bond motifs is 2. The van der Waals surface area contributed by atoms with Gasteiger partial charge in [0.1, 0.15) is 0 Å². The number of para-hydroxylation sites is 2. The van der Waals surface area contributed by atoms with Crippen molar-refractivity contribution in [3.63, 3.8) is 0 Å². The summed E-state index contributed by atoms with van der Waals surface area (Å²) in [5.74, 6) is 0.348. The fourth-order valence-electron chi connectivity index (χ4n) is 5.24. The fraction of sp³-hybridized carbons (Fsp3) is 0.276. The number of hydrogen-bond acceptors (Lipinski definition) is 3. The summed E-state index contributed by atoms with van der Waals surface area (Å²) in [4.78, 5) is 21.2. The number of anilines is 1. The molecule has 5 nitrogen and oxygen atoms in total. The van der Waals surface area contributed by atoms with Gasteiger partial charge >= 0.3 is 0 Å². The summed E-state index contributed by atoms with van der Waals surface area (Å²) in [7, 11) is 2.16. The second-order valence-corrected chi connectivity index (χ2v) is 9.50. The molecule has 2 heterocycles. The second-order valence-electron chi connectivity index (χ2n) is 9.50. The number of benzene rings is 3. The monoisotopic (exact) mass is 452 g/mol.